The molecule has 7 nitrogen and oxygen atoms in total. The number of ether oxygens (including phenoxy) is 1. The summed E-state index contributed by atoms with van der Waals surface area (Å²) >= 11 is 10.0. The molecule has 2 rings (SSSR count). The van der Waals surface area contributed by atoms with Crippen LogP contribution in [0, 0.1) is 0 Å². The zero-order chi connectivity index (χ0) is 17.0. The normalized spacial score (nSPS) is 18.0. The molecule has 0 saturated carbocycles. The van der Waals surface area contributed by atoms with Crippen LogP contribution in [0.25, 0.3) is 0 Å². The summed E-state index contributed by atoms with van der Waals surface area (Å²) in [6.45, 7) is 0. The van der Waals surface area contributed by atoms with Crippen molar-refractivity contribution >= 4 is 62.6 Å². The van der Waals surface area contributed by atoms with Gasteiger partial charge in [-0.2, -0.15) is 5.10 Å². The number of nitrogens with zero attached hydrogens (tertiary/aromatic N) is 2. The fourth-order valence-electron chi connectivity index (χ4n) is 1.46. The van der Waals surface area contributed by atoms with Crippen LogP contribution >= 0.6 is 39.3 Å². The van der Waals surface area contributed by atoms with Crippen molar-refractivity contribution in [3.05, 3.63) is 38.2 Å². The van der Waals surface area contributed by atoms with Crippen LogP contribution in [0.5, 0.6) is 5.75 Å². The fourth-order valence-corrected chi connectivity index (χ4v) is 2.79. The summed E-state index contributed by atoms with van der Waals surface area (Å²) in [4.78, 5) is 22.9. The number of amidine groups is 1. The van der Waals surface area contributed by atoms with Crippen LogP contribution in [-0.2, 0) is 14.3 Å². The molecule has 0 atom stereocenters. The molecule has 120 valence electrons. The third-order valence-corrected chi connectivity index (χ3v) is 4.45. The summed E-state index contributed by atoms with van der Waals surface area (Å²) in [6, 6.07) is 3.18. The Kier molecular flexibility index (Phi) is 5.80. The lowest BCUT2D eigenvalue weighted by atomic mass is 10.2. The molecule has 1 aliphatic rings. The average molecular weight is 419 g/mol. The number of phenolic OH excluding ortho intramolecular Hbond substituents is 1. The van der Waals surface area contributed by atoms with E-state index in [2.05, 4.69) is 36.2 Å². The number of methoxy groups -OCH3 is 1. The lowest BCUT2D eigenvalue weighted by molar-refractivity contribution is -0.135. The maximum Gasteiger partial charge on any atom is 0.331 e. The van der Waals surface area contributed by atoms with Crippen molar-refractivity contribution in [1.29, 1.82) is 0 Å². The summed E-state index contributed by atoms with van der Waals surface area (Å²) in [5.41, 5.74) is 0.349. The number of hydrogen-bond acceptors (Lipinski definition) is 7. The number of phenols is 1. The van der Waals surface area contributed by atoms with E-state index in [0.29, 0.717) is 10.0 Å². The smallest absolute Gasteiger partial charge is 0.331 e. The maximum absolute atomic E-state index is 11.6. The summed E-state index contributed by atoms with van der Waals surface area (Å²) in [5.74, 6) is -1.25. The number of hydrogen-bond donors (Lipinski definition) is 2. The topological polar surface area (TPSA) is 100 Å². The number of carbonyl (C=O) groups is 2. The standard InChI is InChI=1S/C13H9BrClN3O4S/c1-22-10(19)4-9-12(21)17-13(23-9)18-16-5-6-7(14)2-3-8(15)11(6)20/h2-5,20H,1H3,(H,17,18,21)/b9-4+,16-5?. The summed E-state index contributed by atoms with van der Waals surface area (Å²) in [7, 11) is 1.21. The predicted molar refractivity (Wildman–Crippen MR) is 91.7 cm³/mol. The number of amides is 1. The van der Waals surface area contributed by atoms with Crippen LogP contribution in [-0.4, -0.2) is 35.5 Å². The van der Waals surface area contributed by atoms with E-state index < -0.39 is 11.9 Å². The minimum atomic E-state index is -0.639. The first-order chi connectivity index (χ1) is 10.9. The molecule has 1 aromatic carbocycles. The Balaban J connectivity index is 2.16. The largest absolute Gasteiger partial charge is 0.506 e. The zero-order valence-electron chi connectivity index (χ0n) is 11.5. The van der Waals surface area contributed by atoms with Crippen molar-refractivity contribution < 1.29 is 19.4 Å². The van der Waals surface area contributed by atoms with Gasteiger partial charge in [-0.15, -0.1) is 5.10 Å². The Morgan fingerprint density at radius 3 is 2.96 bits per heavy atom. The number of esters is 1. The van der Waals surface area contributed by atoms with Crippen molar-refractivity contribution in [2.45, 2.75) is 0 Å². The van der Waals surface area contributed by atoms with Gasteiger partial charge in [-0.25, -0.2) is 4.79 Å². The number of nitrogens with one attached hydrogen (secondary N) is 1. The quantitative estimate of drug-likeness (QED) is 0.340. The van der Waals surface area contributed by atoms with Crippen LogP contribution in [0.4, 0.5) is 0 Å². The Morgan fingerprint density at radius 1 is 1.52 bits per heavy atom. The molecule has 1 fully saturated rings. The van der Waals surface area contributed by atoms with Gasteiger partial charge in [0.1, 0.15) is 5.75 Å². The molecular formula is C13H9BrClN3O4S. The van der Waals surface area contributed by atoms with E-state index in [1.54, 1.807) is 6.07 Å². The van der Waals surface area contributed by atoms with Crippen molar-refractivity contribution in [1.82, 2.24) is 5.32 Å². The van der Waals surface area contributed by atoms with Gasteiger partial charge in [0.15, 0.2) is 5.17 Å². The molecule has 0 unspecified atom stereocenters. The minimum Gasteiger partial charge on any atom is -0.506 e. The molecule has 0 spiro atoms. The molecule has 0 radical (unpaired) electrons. The SMILES string of the molecule is COC(=O)/C=C1/S/C(=N\N=Cc2c(Br)ccc(Cl)c2O)NC1=O. The first kappa shape index (κ1) is 17.5. The van der Waals surface area contributed by atoms with Gasteiger partial charge in [0.2, 0.25) is 0 Å². The number of halogens is 2. The molecule has 1 amide bonds. The third kappa shape index (κ3) is 4.34. The maximum atomic E-state index is 11.6. The number of rotatable bonds is 3. The predicted octanol–water partition coefficient (Wildman–Crippen LogP) is 2.42. The van der Waals surface area contributed by atoms with Crippen LogP contribution < -0.4 is 5.32 Å². The van der Waals surface area contributed by atoms with E-state index in [0.717, 1.165) is 17.8 Å². The van der Waals surface area contributed by atoms with E-state index in [4.69, 9.17) is 11.6 Å². The lowest BCUT2D eigenvalue weighted by Crippen LogP contribution is -2.19. The monoisotopic (exact) mass is 417 g/mol. The van der Waals surface area contributed by atoms with Gasteiger partial charge >= 0.3 is 5.97 Å². The highest BCUT2D eigenvalue weighted by molar-refractivity contribution is 9.10. The fraction of sp³-hybridized carbons (Fsp3) is 0.0769. The van der Waals surface area contributed by atoms with E-state index in [-0.39, 0.29) is 20.8 Å². The van der Waals surface area contributed by atoms with Crippen LogP contribution in [0.3, 0.4) is 0 Å². The van der Waals surface area contributed by atoms with E-state index >= 15 is 0 Å². The highest BCUT2D eigenvalue weighted by Gasteiger charge is 2.25. The van der Waals surface area contributed by atoms with Crippen LogP contribution in [0.2, 0.25) is 5.02 Å². The zero-order valence-corrected chi connectivity index (χ0v) is 14.7. The van der Waals surface area contributed by atoms with Gasteiger partial charge in [0, 0.05) is 10.5 Å². The third-order valence-electron chi connectivity index (χ3n) is 2.55. The number of thioether (sulfide) groups is 1. The summed E-state index contributed by atoms with van der Waals surface area (Å²) in [6.07, 6.45) is 2.35. The second-order valence-electron chi connectivity index (χ2n) is 4.03. The Labute approximate surface area is 148 Å². The van der Waals surface area contributed by atoms with Gasteiger partial charge in [0.25, 0.3) is 5.91 Å². The van der Waals surface area contributed by atoms with Gasteiger partial charge in [0.05, 0.1) is 28.8 Å². The lowest BCUT2D eigenvalue weighted by Gasteiger charge is -2.02. The van der Waals surface area contributed by atoms with Gasteiger partial charge < -0.3 is 9.84 Å². The Bertz CT molecular complexity index is 764. The van der Waals surface area contributed by atoms with Crippen molar-refractivity contribution in [3.63, 3.8) is 0 Å². The molecule has 2 N–H and O–H groups in total. The molecule has 23 heavy (non-hydrogen) atoms. The molecule has 1 heterocycles. The molecule has 10 heteroatoms. The Morgan fingerprint density at radius 2 is 2.26 bits per heavy atom. The van der Waals surface area contributed by atoms with Gasteiger partial charge in [-0.05, 0) is 39.8 Å². The van der Waals surface area contributed by atoms with Crippen molar-refractivity contribution in [2.24, 2.45) is 10.2 Å². The second-order valence-corrected chi connectivity index (χ2v) is 6.32. The van der Waals surface area contributed by atoms with E-state index in [9.17, 15) is 14.7 Å². The molecule has 0 aromatic heterocycles. The second kappa shape index (κ2) is 7.62. The summed E-state index contributed by atoms with van der Waals surface area (Å²) < 4.78 is 5.03. The molecule has 0 aliphatic carbocycles. The molecular weight excluding hydrogens is 410 g/mol. The number of benzene rings is 1. The average Bonchev–Trinajstić information content (AvgIpc) is 2.86. The van der Waals surface area contributed by atoms with Crippen LogP contribution in [0.1, 0.15) is 5.56 Å². The van der Waals surface area contributed by atoms with Crippen molar-refractivity contribution in [3.8, 4) is 5.75 Å². The van der Waals surface area contributed by atoms with Gasteiger partial charge in [-0.1, -0.05) is 11.6 Å². The molecule has 0 bridgehead atoms. The first-order valence-electron chi connectivity index (χ1n) is 5.99. The molecule has 1 aromatic rings. The van der Waals surface area contributed by atoms with Crippen LogP contribution in [0.15, 0.2) is 37.8 Å². The number of aromatic hydroxyl groups is 1. The molecule has 1 aliphatic heterocycles. The summed E-state index contributed by atoms with van der Waals surface area (Å²) in [5, 5.41) is 20.3. The highest BCUT2D eigenvalue weighted by atomic mass is 79.9. The Hall–Kier alpha value is -1.84. The number of carbonyl (C=O) groups excluding carboxylic acids is 2. The first-order valence-corrected chi connectivity index (χ1v) is 7.98. The van der Waals surface area contributed by atoms with Gasteiger partial charge in [-0.3, -0.25) is 10.1 Å². The van der Waals surface area contributed by atoms with E-state index in [1.165, 1.54) is 19.4 Å². The van der Waals surface area contributed by atoms with E-state index in [1.807, 2.05) is 0 Å². The highest BCUT2D eigenvalue weighted by Crippen LogP contribution is 2.31. The minimum absolute atomic E-state index is 0.139. The molecule has 1 saturated heterocycles. The van der Waals surface area contributed by atoms with Crippen molar-refractivity contribution in [2.75, 3.05) is 7.11 Å².